The molecule has 1 saturated heterocycles. The van der Waals surface area contributed by atoms with Gasteiger partial charge >= 0.3 is 0 Å². The van der Waals surface area contributed by atoms with E-state index in [1.54, 1.807) is 0 Å². The number of hydrogen-bond donors (Lipinski definition) is 1. The van der Waals surface area contributed by atoms with E-state index in [4.69, 9.17) is 0 Å². The van der Waals surface area contributed by atoms with Gasteiger partial charge in [-0.05, 0) is 33.1 Å². The molecule has 0 spiro atoms. The Labute approximate surface area is 119 Å². The molecule has 20 heavy (non-hydrogen) atoms. The van der Waals surface area contributed by atoms with Gasteiger partial charge < -0.3 is 5.32 Å². The van der Waals surface area contributed by atoms with Crippen LogP contribution in [0, 0.1) is 11.8 Å². The van der Waals surface area contributed by atoms with Gasteiger partial charge in [0.1, 0.15) is 0 Å². The van der Waals surface area contributed by atoms with Crippen LogP contribution in [0.3, 0.4) is 0 Å². The molecule has 0 unspecified atom stereocenters. The number of hydrogen-bond acceptors (Lipinski definition) is 3. The van der Waals surface area contributed by atoms with E-state index in [9.17, 15) is 14.4 Å². The Morgan fingerprint density at radius 1 is 1.25 bits per heavy atom. The van der Waals surface area contributed by atoms with Gasteiger partial charge in [0.25, 0.3) is 0 Å². The van der Waals surface area contributed by atoms with Crippen molar-refractivity contribution in [3.63, 3.8) is 0 Å². The SMILES string of the molecule is CC(C)NC(=O)CCCN1C(=O)[C@@H]2CC=CC[C@H]2C1=O. The molecule has 1 N–H and O–H groups in total. The quantitative estimate of drug-likeness (QED) is 0.608. The van der Waals surface area contributed by atoms with E-state index in [-0.39, 0.29) is 35.6 Å². The molecule has 110 valence electrons. The van der Waals surface area contributed by atoms with E-state index in [1.807, 2.05) is 26.0 Å². The summed E-state index contributed by atoms with van der Waals surface area (Å²) in [5.41, 5.74) is 0. The Morgan fingerprint density at radius 3 is 2.30 bits per heavy atom. The topological polar surface area (TPSA) is 66.5 Å². The second-order valence-electron chi connectivity index (χ2n) is 5.81. The van der Waals surface area contributed by atoms with Crippen LogP contribution in [0.1, 0.15) is 39.5 Å². The van der Waals surface area contributed by atoms with Crippen molar-refractivity contribution in [2.45, 2.75) is 45.6 Å². The van der Waals surface area contributed by atoms with E-state index in [0.29, 0.717) is 32.2 Å². The molecule has 1 heterocycles. The van der Waals surface area contributed by atoms with Gasteiger partial charge in [-0.3, -0.25) is 19.3 Å². The Balaban J connectivity index is 1.83. The number of fused-ring (bicyclic) bond motifs is 1. The maximum atomic E-state index is 12.2. The Kier molecular flexibility index (Phi) is 4.57. The first-order valence-corrected chi connectivity index (χ1v) is 7.30. The third-order valence-corrected chi connectivity index (χ3v) is 3.83. The van der Waals surface area contributed by atoms with Crippen molar-refractivity contribution in [1.82, 2.24) is 10.2 Å². The largest absolute Gasteiger partial charge is 0.354 e. The van der Waals surface area contributed by atoms with Gasteiger partial charge in [0.05, 0.1) is 11.8 Å². The summed E-state index contributed by atoms with van der Waals surface area (Å²) in [6.07, 6.45) is 6.17. The van der Waals surface area contributed by atoms with Crippen molar-refractivity contribution in [3.8, 4) is 0 Å². The van der Waals surface area contributed by atoms with Crippen molar-refractivity contribution in [2.24, 2.45) is 11.8 Å². The first-order valence-electron chi connectivity index (χ1n) is 7.30. The molecule has 2 aliphatic rings. The highest BCUT2D eigenvalue weighted by Crippen LogP contribution is 2.35. The number of likely N-dealkylation sites (tertiary alicyclic amines) is 1. The van der Waals surface area contributed by atoms with Crippen LogP contribution < -0.4 is 5.32 Å². The molecule has 5 nitrogen and oxygen atoms in total. The van der Waals surface area contributed by atoms with Gasteiger partial charge in [-0.2, -0.15) is 0 Å². The van der Waals surface area contributed by atoms with Gasteiger partial charge in [-0.15, -0.1) is 0 Å². The fourth-order valence-electron chi connectivity index (χ4n) is 2.88. The third kappa shape index (κ3) is 3.08. The summed E-state index contributed by atoms with van der Waals surface area (Å²) >= 11 is 0. The fourth-order valence-corrected chi connectivity index (χ4v) is 2.88. The molecule has 5 heteroatoms. The maximum absolute atomic E-state index is 12.2. The highest BCUT2D eigenvalue weighted by atomic mass is 16.2. The lowest BCUT2D eigenvalue weighted by atomic mass is 9.85. The molecule has 0 bridgehead atoms. The van der Waals surface area contributed by atoms with Gasteiger partial charge in [-0.1, -0.05) is 12.2 Å². The normalized spacial score (nSPS) is 25.2. The van der Waals surface area contributed by atoms with Crippen molar-refractivity contribution >= 4 is 17.7 Å². The van der Waals surface area contributed by atoms with Gasteiger partial charge in [-0.25, -0.2) is 0 Å². The average Bonchev–Trinajstić information content (AvgIpc) is 2.63. The highest BCUT2D eigenvalue weighted by molar-refractivity contribution is 6.05. The van der Waals surface area contributed by atoms with Crippen molar-refractivity contribution < 1.29 is 14.4 Å². The predicted molar refractivity (Wildman–Crippen MR) is 74.6 cm³/mol. The van der Waals surface area contributed by atoms with E-state index < -0.39 is 0 Å². The molecular formula is C15H22N2O3. The molecule has 0 aromatic rings. The van der Waals surface area contributed by atoms with Crippen LogP contribution in [0.5, 0.6) is 0 Å². The zero-order valence-electron chi connectivity index (χ0n) is 12.1. The van der Waals surface area contributed by atoms with Crippen LogP contribution in [0.15, 0.2) is 12.2 Å². The lowest BCUT2D eigenvalue weighted by Crippen LogP contribution is -2.34. The van der Waals surface area contributed by atoms with Crippen LogP contribution in [0.4, 0.5) is 0 Å². The van der Waals surface area contributed by atoms with Gasteiger partial charge in [0, 0.05) is 19.0 Å². The predicted octanol–water partition coefficient (Wildman–Crippen LogP) is 1.24. The van der Waals surface area contributed by atoms with E-state index in [1.165, 1.54) is 4.90 Å². The van der Waals surface area contributed by atoms with Gasteiger partial charge in [0.15, 0.2) is 0 Å². The minimum absolute atomic E-state index is 0.0295. The summed E-state index contributed by atoms with van der Waals surface area (Å²) < 4.78 is 0. The van der Waals surface area contributed by atoms with E-state index in [0.717, 1.165) is 0 Å². The Bertz CT molecular complexity index is 416. The summed E-state index contributed by atoms with van der Waals surface area (Å²) in [6, 6.07) is 0.117. The number of nitrogens with zero attached hydrogens (tertiary/aromatic N) is 1. The number of allylic oxidation sites excluding steroid dienone is 2. The number of carbonyl (C=O) groups is 3. The lowest BCUT2D eigenvalue weighted by Gasteiger charge is -2.14. The molecular weight excluding hydrogens is 256 g/mol. The zero-order chi connectivity index (χ0) is 14.7. The van der Waals surface area contributed by atoms with Crippen molar-refractivity contribution in [3.05, 3.63) is 12.2 Å². The number of nitrogens with one attached hydrogen (secondary N) is 1. The van der Waals surface area contributed by atoms with Crippen LogP contribution in [0.25, 0.3) is 0 Å². The first-order chi connectivity index (χ1) is 9.50. The fraction of sp³-hybridized carbons (Fsp3) is 0.667. The third-order valence-electron chi connectivity index (χ3n) is 3.83. The molecule has 1 aliphatic carbocycles. The molecule has 3 amide bonds. The number of carbonyl (C=O) groups excluding carboxylic acids is 3. The number of amides is 3. The standard InChI is InChI=1S/C15H22N2O3/c1-10(2)16-13(18)8-5-9-17-14(19)11-6-3-4-7-12(11)15(17)20/h3-4,10-12H,5-9H2,1-2H3,(H,16,18)/t11-,12-/m1/s1. The lowest BCUT2D eigenvalue weighted by molar-refractivity contribution is -0.140. The molecule has 0 aromatic heterocycles. The molecule has 0 aromatic carbocycles. The second kappa shape index (κ2) is 6.20. The Morgan fingerprint density at radius 2 is 1.80 bits per heavy atom. The maximum Gasteiger partial charge on any atom is 0.233 e. The van der Waals surface area contributed by atoms with Crippen LogP contribution in [0.2, 0.25) is 0 Å². The average molecular weight is 278 g/mol. The van der Waals surface area contributed by atoms with Crippen LogP contribution in [-0.2, 0) is 14.4 Å². The summed E-state index contributed by atoms with van der Waals surface area (Å²) in [4.78, 5) is 37.2. The molecule has 2 atom stereocenters. The molecule has 2 rings (SSSR count). The Hall–Kier alpha value is -1.65. The summed E-state index contributed by atoms with van der Waals surface area (Å²) in [5.74, 6) is -0.491. The van der Waals surface area contributed by atoms with Crippen molar-refractivity contribution in [1.29, 1.82) is 0 Å². The molecule has 1 fully saturated rings. The monoisotopic (exact) mass is 278 g/mol. The molecule has 0 saturated carbocycles. The van der Waals surface area contributed by atoms with Gasteiger partial charge in [0.2, 0.25) is 17.7 Å². The smallest absolute Gasteiger partial charge is 0.233 e. The van der Waals surface area contributed by atoms with Crippen LogP contribution >= 0.6 is 0 Å². The van der Waals surface area contributed by atoms with Crippen LogP contribution in [-0.4, -0.2) is 35.2 Å². The minimum Gasteiger partial charge on any atom is -0.354 e. The number of imide groups is 1. The summed E-state index contributed by atoms with van der Waals surface area (Å²) in [5, 5.41) is 2.80. The zero-order valence-corrected chi connectivity index (χ0v) is 12.1. The van der Waals surface area contributed by atoms with Crippen molar-refractivity contribution in [2.75, 3.05) is 6.54 Å². The minimum atomic E-state index is -0.169. The number of rotatable bonds is 5. The van der Waals surface area contributed by atoms with E-state index >= 15 is 0 Å². The molecule has 0 radical (unpaired) electrons. The first kappa shape index (κ1) is 14.8. The molecule has 1 aliphatic heterocycles. The summed E-state index contributed by atoms with van der Waals surface area (Å²) in [7, 11) is 0. The highest BCUT2D eigenvalue weighted by Gasteiger charge is 2.46. The second-order valence-corrected chi connectivity index (χ2v) is 5.81. The van der Waals surface area contributed by atoms with E-state index in [2.05, 4.69) is 5.32 Å². The summed E-state index contributed by atoms with van der Waals surface area (Å²) in [6.45, 7) is 4.17.